The summed E-state index contributed by atoms with van der Waals surface area (Å²) in [5.74, 6) is -0.366. The maximum absolute atomic E-state index is 13.3. The third kappa shape index (κ3) is 3.57. The predicted molar refractivity (Wildman–Crippen MR) is 107 cm³/mol. The lowest BCUT2D eigenvalue weighted by Gasteiger charge is -2.33. The van der Waals surface area contributed by atoms with Gasteiger partial charge in [0.15, 0.2) is 0 Å². The highest BCUT2D eigenvalue weighted by molar-refractivity contribution is 7.89. The van der Waals surface area contributed by atoms with Crippen molar-refractivity contribution >= 4 is 27.7 Å². The molecule has 4 rings (SSSR count). The maximum Gasteiger partial charge on any atom is 0.342 e. The molecule has 11 nitrogen and oxygen atoms in total. The molecule has 12 heteroatoms. The van der Waals surface area contributed by atoms with Crippen LogP contribution in [0, 0.1) is 13.8 Å². The number of aryl methyl sites for hydroxylation is 2. The fraction of sp³-hybridized carbons (Fsp3) is 0.368. The van der Waals surface area contributed by atoms with E-state index < -0.39 is 16.0 Å². The Kier molecular flexibility index (Phi) is 5.27. The first-order chi connectivity index (χ1) is 14.7. The summed E-state index contributed by atoms with van der Waals surface area (Å²) in [6, 6.07) is 1.73. The zero-order valence-electron chi connectivity index (χ0n) is 17.2. The van der Waals surface area contributed by atoms with Crippen molar-refractivity contribution in [2.24, 2.45) is 0 Å². The minimum absolute atomic E-state index is 0.0734. The number of sulfonamides is 1. The number of methoxy groups -OCH3 is 1. The molecule has 0 atom stereocenters. The average Bonchev–Trinajstić information content (AvgIpc) is 3.33. The van der Waals surface area contributed by atoms with E-state index in [1.807, 2.05) is 0 Å². The highest BCUT2D eigenvalue weighted by Gasteiger charge is 2.38. The Bertz CT molecular complexity index is 1240. The molecule has 31 heavy (non-hydrogen) atoms. The van der Waals surface area contributed by atoms with Gasteiger partial charge in [-0.25, -0.2) is 23.2 Å². The van der Waals surface area contributed by atoms with Crippen LogP contribution in [0.3, 0.4) is 0 Å². The molecule has 1 amide bonds. The molecule has 1 fully saturated rings. The van der Waals surface area contributed by atoms with Crippen molar-refractivity contribution in [3.8, 4) is 0 Å². The Morgan fingerprint density at radius 1 is 1.13 bits per heavy atom. The number of nitrogens with zero attached hydrogens (tertiary/aromatic N) is 5. The molecule has 1 aliphatic rings. The first kappa shape index (κ1) is 21.0. The molecule has 0 spiro atoms. The van der Waals surface area contributed by atoms with Crippen molar-refractivity contribution in [2.75, 3.05) is 33.3 Å². The molecule has 0 N–H and O–H groups in total. The molecule has 0 radical (unpaired) electrons. The quantitative estimate of drug-likeness (QED) is 0.539. The van der Waals surface area contributed by atoms with Gasteiger partial charge in [0.25, 0.3) is 5.91 Å². The van der Waals surface area contributed by atoms with E-state index in [0.29, 0.717) is 5.78 Å². The smallest absolute Gasteiger partial charge is 0.342 e. The van der Waals surface area contributed by atoms with Crippen LogP contribution in [0.25, 0.3) is 5.78 Å². The molecular weight excluding hydrogens is 426 g/mol. The van der Waals surface area contributed by atoms with Gasteiger partial charge >= 0.3 is 5.97 Å². The standard InChI is InChI=1S/C19H21N5O6S/c1-12-15(18(26)29-3)16(13(2)30-12)31(27,28)24-9-7-22(8-10-24)17(25)14-11-23-6-4-5-20-19(23)21-14/h4-6,11H,7-10H2,1-3H3. The average molecular weight is 447 g/mol. The monoisotopic (exact) mass is 447 g/mol. The van der Waals surface area contributed by atoms with E-state index in [-0.39, 0.29) is 59.8 Å². The Balaban J connectivity index is 1.53. The molecule has 0 aliphatic carbocycles. The summed E-state index contributed by atoms with van der Waals surface area (Å²) >= 11 is 0. The summed E-state index contributed by atoms with van der Waals surface area (Å²) in [5, 5.41) is 0. The van der Waals surface area contributed by atoms with Crippen molar-refractivity contribution in [3.05, 3.63) is 47.4 Å². The van der Waals surface area contributed by atoms with Gasteiger partial charge in [0, 0.05) is 44.8 Å². The fourth-order valence-electron chi connectivity index (χ4n) is 3.67. The number of amides is 1. The van der Waals surface area contributed by atoms with E-state index in [4.69, 9.17) is 9.15 Å². The number of fused-ring (bicyclic) bond motifs is 1. The van der Waals surface area contributed by atoms with Gasteiger partial charge in [0.2, 0.25) is 15.8 Å². The number of esters is 1. The number of rotatable bonds is 4. The molecule has 4 heterocycles. The Morgan fingerprint density at radius 3 is 2.48 bits per heavy atom. The van der Waals surface area contributed by atoms with E-state index in [1.54, 1.807) is 34.0 Å². The van der Waals surface area contributed by atoms with Crippen LogP contribution < -0.4 is 0 Å². The zero-order valence-corrected chi connectivity index (χ0v) is 18.0. The molecule has 0 saturated carbocycles. The summed E-state index contributed by atoms with van der Waals surface area (Å²) in [6.07, 6.45) is 4.92. The summed E-state index contributed by atoms with van der Waals surface area (Å²) in [4.78, 5) is 34.6. The Hall–Kier alpha value is -3.25. The number of piperazine rings is 1. The van der Waals surface area contributed by atoms with Crippen LogP contribution in [0.4, 0.5) is 0 Å². The number of hydrogen-bond acceptors (Lipinski definition) is 8. The molecule has 0 bridgehead atoms. The number of aromatic nitrogens is 3. The van der Waals surface area contributed by atoms with E-state index in [0.717, 1.165) is 0 Å². The molecule has 0 unspecified atom stereocenters. The lowest BCUT2D eigenvalue weighted by Crippen LogP contribution is -2.50. The summed E-state index contributed by atoms with van der Waals surface area (Å²) in [7, 11) is -2.84. The van der Waals surface area contributed by atoms with Crippen molar-refractivity contribution < 1.29 is 27.2 Å². The third-order valence-corrected chi connectivity index (χ3v) is 7.23. The van der Waals surface area contributed by atoms with Gasteiger partial charge in [-0.15, -0.1) is 0 Å². The van der Waals surface area contributed by atoms with Gasteiger partial charge in [0.05, 0.1) is 7.11 Å². The van der Waals surface area contributed by atoms with Crippen LogP contribution in [-0.4, -0.2) is 77.2 Å². The minimum atomic E-state index is -4.02. The first-order valence-electron chi connectivity index (χ1n) is 9.51. The topological polar surface area (TPSA) is 127 Å². The fourth-order valence-corrected chi connectivity index (χ4v) is 5.46. The number of carbonyl (C=O) groups excluding carboxylic acids is 2. The lowest BCUT2D eigenvalue weighted by atomic mass is 10.2. The second-order valence-electron chi connectivity index (χ2n) is 7.06. The van der Waals surface area contributed by atoms with E-state index >= 15 is 0 Å². The van der Waals surface area contributed by atoms with Gasteiger partial charge in [-0.1, -0.05) is 0 Å². The Morgan fingerprint density at radius 2 is 1.84 bits per heavy atom. The van der Waals surface area contributed by atoms with E-state index in [1.165, 1.54) is 25.3 Å². The highest BCUT2D eigenvalue weighted by atomic mass is 32.2. The van der Waals surface area contributed by atoms with Crippen LogP contribution in [-0.2, 0) is 14.8 Å². The third-order valence-electron chi connectivity index (χ3n) is 5.17. The largest absolute Gasteiger partial charge is 0.465 e. The van der Waals surface area contributed by atoms with Crippen molar-refractivity contribution in [1.82, 2.24) is 23.6 Å². The number of carbonyl (C=O) groups is 2. The normalized spacial score (nSPS) is 15.4. The SMILES string of the molecule is COC(=O)c1c(C)oc(C)c1S(=O)(=O)N1CCN(C(=O)c2cn3cccnc3n2)CC1. The van der Waals surface area contributed by atoms with Crippen LogP contribution in [0.2, 0.25) is 0 Å². The maximum atomic E-state index is 13.3. The summed E-state index contributed by atoms with van der Waals surface area (Å²) in [5.41, 5.74) is 0.139. The van der Waals surface area contributed by atoms with Crippen molar-refractivity contribution in [2.45, 2.75) is 18.7 Å². The molecule has 164 valence electrons. The molecule has 3 aromatic rings. The molecule has 1 saturated heterocycles. The molecule has 0 aromatic carbocycles. The van der Waals surface area contributed by atoms with Crippen LogP contribution >= 0.6 is 0 Å². The summed E-state index contributed by atoms with van der Waals surface area (Å²) in [6.45, 7) is 3.52. The second kappa shape index (κ2) is 7.78. The highest BCUT2D eigenvalue weighted by Crippen LogP contribution is 2.30. The molecule has 1 aliphatic heterocycles. The molecule has 3 aromatic heterocycles. The van der Waals surface area contributed by atoms with Crippen molar-refractivity contribution in [1.29, 1.82) is 0 Å². The zero-order chi connectivity index (χ0) is 22.3. The van der Waals surface area contributed by atoms with Gasteiger partial charge in [-0.3, -0.25) is 9.20 Å². The van der Waals surface area contributed by atoms with Crippen LogP contribution in [0.15, 0.2) is 34.0 Å². The van der Waals surface area contributed by atoms with Crippen LogP contribution in [0.5, 0.6) is 0 Å². The Labute approximate surface area is 178 Å². The number of imidazole rings is 1. The van der Waals surface area contributed by atoms with E-state index in [9.17, 15) is 18.0 Å². The summed E-state index contributed by atoms with van der Waals surface area (Å²) < 4.78 is 39.5. The minimum Gasteiger partial charge on any atom is -0.465 e. The van der Waals surface area contributed by atoms with E-state index in [2.05, 4.69) is 9.97 Å². The number of ether oxygens (including phenoxy) is 1. The lowest BCUT2D eigenvalue weighted by molar-refractivity contribution is 0.0594. The van der Waals surface area contributed by atoms with Gasteiger partial charge in [-0.2, -0.15) is 4.31 Å². The van der Waals surface area contributed by atoms with Gasteiger partial charge in [0.1, 0.15) is 27.7 Å². The number of hydrogen-bond donors (Lipinski definition) is 0. The van der Waals surface area contributed by atoms with Gasteiger partial charge in [-0.05, 0) is 19.9 Å². The predicted octanol–water partition coefficient (Wildman–Crippen LogP) is 0.872. The van der Waals surface area contributed by atoms with Crippen molar-refractivity contribution in [3.63, 3.8) is 0 Å². The van der Waals surface area contributed by atoms with Gasteiger partial charge < -0.3 is 14.1 Å². The first-order valence-corrected chi connectivity index (χ1v) is 11.0. The van der Waals surface area contributed by atoms with Crippen LogP contribution in [0.1, 0.15) is 32.4 Å². The second-order valence-corrected chi connectivity index (χ2v) is 8.93. The molecular formula is C19H21N5O6S. The number of furan rings is 1.